The van der Waals surface area contributed by atoms with Crippen LogP contribution in [0.15, 0.2) is 30.1 Å². The van der Waals surface area contributed by atoms with Crippen LogP contribution < -0.4 is 10.5 Å². The van der Waals surface area contributed by atoms with Crippen LogP contribution in [0.4, 0.5) is 4.39 Å². The van der Waals surface area contributed by atoms with Crippen molar-refractivity contribution in [2.75, 3.05) is 45.6 Å². The van der Waals surface area contributed by atoms with E-state index in [0.29, 0.717) is 55.9 Å². The maximum Gasteiger partial charge on any atom is 0.332 e. The number of benzene rings is 1. The molecule has 29 heavy (non-hydrogen) atoms. The van der Waals surface area contributed by atoms with E-state index >= 15 is 0 Å². The van der Waals surface area contributed by atoms with Gasteiger partial charge in [0, 0.05) is 30.8 Å². The highest BCUT2D eigenvalue weighted by molar-refractivity contribution is 7.53. The molecule has 0 radical (unpaired) electrons. The summed E-state index contributed by atoms with van der Waals surface area (Å²) in [7, 11) is -3.19. The van der Waals surface area contributed by atoms with Gasteiger partial charge >= 0.3 is 7.60 Å². The van der Waals surface area contributed by atoms with Crippen LogP contribution in [-0.4, -0.2) is 56.4 Å². The first-order chi connectivity index (χ1) is 13.5. The maximum atomic E-state index is 12.8. The van der Waals surface area contributed by atoms with Gasteiger partial charge < -0.3 is 24.4 Å². The van der Waals surface area contributed by atoms with Gasteiger partial charge in [0.1, 0.15) is 12.4 Å². The van der Waals surface area contributed by atoms with E-state index in [-0.39, 0.29) is 37.6 Å². The Morgan fingerprint density at radius 2 is 2.00 bits per heavy atom. The lowest BCUT2D eigenvalue weighted by atomic mass is 9.99. The molecule has 164 valence electrons. The number of hydrogen-bond acceptors (Lipinski definition) is 6. The second kappa shape index (κ2) is 12.3. The van der Waals surface area contributed by atoms with Crippen molar-refractivity contribution in [3.63, 3.8) is 0 Å². The molecule has 0 saturated carbocycles. The lowest BCUT2D eigenvalue weighted by Gasteiger charge is -2.30. The van der Waals surface area contributed by atoms with Crippen molar-refractivity contribution in [3.05, 3.63) is 41.2 Å². The van der Waals surface area contributed by atoms with Crippen molar-refractivity contribution >= 4 is 25.9 Å². The lowest BCUT2D eigenvalue weighted by molar-refractivity contribution is 0.0747. The molecule has 2 rings (SSSR count). The van der Waals surface area contributed by atoms with Crippen molar-refractivity contribution in [1.29, 1.82) is 0 Å². The Morgan fingerprint density at radius 3 is 2.59 bits per heavy atom. The Kier molecular flexibility index (Phi) is 10.9. The summed E-state index contributed by atoms with van der Waals surface area (Å²) in [5, 5.41) is 0. The Bertz CT molecular complexity index is 752. The zero-order valence-electron chi connectivity index (χ0n) is 16.8. The van der Waals surface area contributed by atoms with Crippen molar-refractivity contribution in [1.82, 2.24) is 4.90 Å². The number of fused-ring (bicyclic) bond motifs is 1. The van der Waals surface area contributed by atoms with Crippen LogP contribution in [0.5, 0.6) is 5.75 Å². The number of nitrogens with zero attached hydrogens (tertiary/aromatic N) is 1. The number of amides is 1. The van der Waals surface area contributed by atoms with Gasteiger partial charge in [-0.05, 0) is 44.0 Å². The van der Waals surface area contributed by atoms with Crippen LogP contribution in [0.3, 0.4) is 0 Å². The molecule has 1 aromatic rings. The molecule has 0 unspecified atom stereocenters. The molecule has 1 aliphatic rings. The third kappa shape index (κ3) is 7.08. The first-order valence-corrected chi connectivity index (χ1v) is 11.1. The quantitative estimate of drug-likeness (QED) is 0.518. The first kappa shape index (κ1) is 25.6. The molecule has 0 saturated heterocycles. The third-order valence-electron chi connectivity index (χ3n) is 4.38. The number of carbonyl (C=O) groups is 1. The SMILES string of the molecule is CCOP(=O)(CCN1CCc2cc(OC/C(=C/F)CN)ccc2C1=O)OCC.Cl. The molecule has 2 N–H and O–H groups in total. The summed E-state index contributed by atoms with van der Waals surface area (Å²) in [5.74, 6) is 0.434. The van der Waals surface area contributed by atoms with Gasteiger partial charge in [-0.25, -0.2) is 4.39 Å². The van der Waals surface area contributed by atoms with Crippen molar-refractivity contribution < 1.29 is 27.5 Å². The summed E-state index contributed by atoms with van der Waals surface area (Å²) in [6.45, 7) is 5.06. The summed E-state index contributed by atoms with van der Waals surface area (Å²) in [5.41, 5.74) is 7.22. The first-order valence-electron chi connectivity index (χ1n) is 9.37. The standard InChI is InChI=1S/C19H28FN2O5P.ClH/c1-3-26-28(24,27-4-2)10-9-22-8-7-16-11-17(5-6-18(16)19(22)23)25-14-15(12-20)13-21;/h5-6,11-12H,3-4,7-10,13-14,21H2,1-2H3;1H/b15-12+;. The summed E-state index contributed by atoms with van der Waals surface area (Å²) in [4.78, 5) is 14.4. The van der Waals surface area contributed by atoms with E-state index in [0.717, 1.165) is 5.56 Å². The normalized spacial score (nSPS) is 14.4. The number of ether oxygens (including phenoxy) is 1. The van der Waals surface area contributed by atoms with Gasteiger partial charge in [-0.15, -0.1) is 12.4 Å². The second-order valence-corrected chi connectivity index (χ2v) is 8.48. The maximum absolute atomic E-state index is 12.8. The molecular weight excluding hydrogens is 422 g/mol. The van der Waals surface area contributed by atoms with E-state index in [1.807, 2.05) is 0 Å². The molecule has 1 heterocycles. The fourth-order valence-corrected chi connectivity index (χ4v) is 4.54. The van der Waals surface area contributed by atoms with Crippen molar-refractivity contribution in [2.24, 2.45) is 5.73 Å². The number of carbonyl (C=O) groups excluding carboxylic acids is 1. The molecule has 7 nitrogen and oxygen atoms in total. The summed E-state index contributed by atoms with van der Waals surface area (Å²) >= 11 is 0. The van der Waals surface area contributed by atoms with E-state index in [4.69, 9.17) is 19.5 Å². The highest BCUT2D eigenvalue weighted by Gasteiger charge is 2.29. The predicted octanol–water partition coefficient (Wildman–Crippen LogP) is 3.56. The molecular formula is C19H29ClFN2O5P. The molecule has 0 fully saturated rings. The van der Waals surface area contributed by atoms with E-state index < -0.39 is 7.60 Å². The van der Waals surface area contributed by atoms with Crippen molar-refractivity contribution in [3.8, 4) is 5.75 Å². The van der Waals surface area contributed by atoms with E-state index in [1.54, 1.807) is 36.9 Å². The van der Waals surface area contributed by atoms with Gasteiger partial charge in [0.15, 0.2) is 0 Å². The van der Waals surface area contributed by atoms with E-state index in [9.17, 15) is 13.8 Å². The molecule has 0 atom stereocenters. The average Bonchev–Trinajstić information content (AvgIpc) is 2.68. The molecule has 0 bridgehead atoms. The van der Waals surface area contributed by atoms with E-state index in [1.165, 1.54) is 0 Å². The van der Waals surface area contributed by atoms with Gasteiger partial charge in [0.25, 0.3) is 5.91 Å². The molecule has 10 heteroatoms. The fourth-order valence-electron chi connectivity index (χ4n) is 2.93. The minimum Gasteiger partial charge on any atom is -0.489 e. The summed E-state index contributed by atoms with van der Waals surface area (Å²) < 4.78 is 41.3. The van der Waals surface area contributed by atoms with Crippen LogP contribution in [0.25, 0.3) is 0 Å². The van der Waals surface area contributed by atoms with Crippen LogP contribution in [-0.2, 0) is 20.0 Å². The Labute approximate surface area is 177 Å². The highest BCUT2D eigenvalue weighted by Crippen LogP contribution is 2.47. The zero-order valence-corrected chi connectivity index (χ0v) is 18.5. The molecule has 0 aliphatic carbocycles. The largest absolute Gasteiger partial charge is 0.489 e. The lowest BCUT2D eigenvalue weighted by Crippen LogP contribution is -2.39. The molecule has 1 aromatic carbocycles. The van der Waals surface area contributed by atoms with Gasteiger partial charge in [0.05, 0.1) is 25.7 Å². The summed E-state index contributed by atoms with van der Waals surface area (Å²) in [6.07, 6.45) is 1.26. The topological polar surface area (TPSA) is 91.1 Å². The Hall–Kier alpha value is -1.44. The second-order valence-electron chi connectivity index (χ2n) is 6.29. The van der Waals surface area contributed by atoms with Gasteiger partial charge in [0.2, 0.25) is 0 Å². The number of halogens is 2. The molecule has 0 aromatic heterocycles. The van der Waals surface area contributed by atoms with Gasteiger partial charge in [-0.3, -0.25) is 9.36 Å². The predicted molar refractivity (Wildman–Crippen MR) is 113 cm³/mol. The van der Waals surface area contributed by atoms with Crippen molar-refractivity contribution in [2.45, 2.75) is 20.3 Å². The molecule has 1 aliphatic heterocycles. The van der Waals surface area contributed by atoms with E-state index in [2.05, 4.69) is 0 Å². The average molecular weight is 451 g/mol. The number of nitrogens with two attached hydrogens (primary N) is 1. The number of rotatable bonds is 11. The van der Waals surface area contributed by atoms with Crippen LogP contribution in [0, 0.1) is 0 Å². The minimum absolute atomic E-state index is 0. The summed E-state index contributed by atoms with van der Waals surface area (Å²) in [6, 6.07) is 5.17. The fraction of sp³-hybridized carbons (Fsp3) is 0.526. The minimum atomic E-state index is -3.19. The monoisotopic (exact) mass is 450 g/mol. The van der Waals surface area contributed by atoms with Crippen LogP contribution in [0.2, 0.25) is 0 Å². The molecule has 1 amide bonds. The van der Waals surface area contributed by atoms with Gasteiger partial charge in [-0.2, -0.15) is 0 Å². The smallest absolute Gasteiger partial charge is 0.332 e. The third-order valence-corrected chi connectivity index (χ3v) is 6.43. The molecule has 0 spiro atoms. The highest BCUT2D eigenvalue weighted by atomic mass is 35.5. The van der Waals surface area contributed by atoms with Crippen LogP contribution >= 0.6 is 20.0 Å². The van der Waals surface area contributed by atoms with Crippen LogP contribution in [0.1, 0.15) is 29.8 Å². The van der Waals surface area contributed by atoms with Gasteiger partial charge in [-0.1, -0.05) is 0 Å². The Morgan fingerprint density at radius 1 is 1.31 bits per heavy atom. The zero-order chi connectivity index (χ0) is 20.6. The number of hydrogen-bond donors (Lipinski definition) is 1. The Balaban J connectivity index is 0.00000420.